The second kappa shape index (κ2) is 15.9. The van der Waals surface area contributed by atoms with E-state index in [4.69, 9.17) is 4.74 Å². The van der Waals surface area contributed by atoms with Crippen LogP contribution < -0.4 is 33.2 Å². The van der Waals surface area contributed by atoms with E-state index in [9.17, 15) is 24.9 Å². The van der Waals surface area contributed by atoms with Crippen LogP contribution in [-0.2, 0) is 15.1 Å². The molecule has 0 spiro atoms. The molecule has 1 aliphatic carbocycles. The zero-order chi connectivity index (χ0) is 34.7. The van der Waals surface area contributed by atoms with E-state index in [0.717, 1.165) is 80.4 Å². The molecule has 4 heterocycles. The largest absolute Gasteiger partial charge is 1.00 e. The first-order chi connectivity index (χ1) is 24.2. The number of piperidine rings is 3. The summed E-state index contributed by atoms with van der Waals surface area (Å²) in [5.41, 5.74) is 2.04. The number of aromatic amines is 1. The van der Waals surface area contributed by atoms with Gasteiger partial charge in [-0.3, -0.25) is 9.59 Å². The molecule has 4 fully saturated rings. The second-order valence-corrected chi connectivity index (χ2v) is 14.7. The maximum absolute atomic E-state index is 13.1. The molecule has 0 radical (unpaired) electrons. The summed E-state index contributed by atoms with van der Waals surface area (Å²) in [5.74, 6) is 0.654. The summed E-state index contributed by atoms with van der Waals surface area (Å²) >= 11 is 0. The Hall–Kier alpha value is -3.74. The van der Waals surface area contributed by atoms with Crippen LogP contribution in [0, 0.1) is 11.8 Å². The highest BCUT2D eigenvalue weighted by Gasteiger charge is 2.48. The van der Waals surface area contributed by atoms with Crippen LogP contribution >= 0.6 is 0 Å². The fraction of sp³-hybridized carbons (Fsp3) is 0.450. The second-order valence-electron chi connectivity index (χ2n) is 14.7. The Balaban J connectivity index is 0.00000448. The number of aromatic nitrogens is 1. The average Bonchev–Trinajstić information content (AvgIpc) is 3.70. The highest BCUT2D eigenvalue weighted by Crippen LogP contribution is 2.43. The van der Waals surface area contributed by atoms with E-state index in [1.165, 1.54) is 12.1 Å². The summed E-state index contributed by atoms with van der Waals surface area (Å²) in [4.78, 5) is 27.4. The van der Waals surface area contributed by atoms with Crippen molar-refractivity contribution >= 4 is 28.2 Å². The highest BCUT2D eigenvalue weighted by atomic mass is 79.9. The molecule has 51 heavy (non-hydrogen) atoms. The molecule has 4 aromatic rings. The minimum atomic E-state index is -0.969. The predicted molar refractivity (Wildman–Crippen MR) is 194 cm³/mol. The van der Waals surface area contributed by atoms with Crippen molar-refractivity contribution < 1.29 is 46.3 Å². The molecule has 0 unspecified atom stereocenters. The number of aliphatic hydroxyl groups excluding tert-OH is 1. The third kappa shape index (κ3) is 8.18. The number of nitrogens with zero attached hydrogens (tertiary/aromatic N) is 1. The van der Waals surface area contributed by atoms with E-state index in [0.29, 0.717) is 41.1 Å². The van der Waals surface area contributed by atoms with Gasteiger partial charge in [-0.1, -0.05) is 49.2 Å². The van der Waals surface area contributed by atoms with Gasteiger partial charge in [-0.25, -0.2) is 0 Å². The zero-order valence-electron chi connectivity index (χ0n) is 28.9. The predicted octanol–water partition coefficient (Wildman–Crippen LogP) is 2.42. The number of carbonyl (C=O) groups excluding carboxylic acids is 1. The van der Waals surface area contributed by atoms with Crippen molar-refractivity contribution in [3.05, 3.63) is 100 Å². The summed E-state index contributed by atoms with van der Waals surface area (Å²) in [7, 11) is 0. The monoisotopic (exact) mass is 760 g/mol. The topological polar surface area (TPSA) is 144 Å². The van der Waals surface area contributed by atoms with E-state index in [-0.39, 0.29) is 52.8 Å². The number of rotatable bonds is 13. The number of H-pyrrole nitrogens is 1. The van der Waals surface area contributed by atoms with Gasteiger partial charge in [-0.15, -0.1) is 0 Å². The molecule has 10 nitrogen and oxygen atoms in total. The Bertz CT molecular complexity index is 1840. The van der Waals surface area contributed by atoms with Gasteiger partial charge in [0.15, 0.2) is 0 Å². The van der Waals surface area contributed by atoms with Crippen LogP contribution in [-0.4, -0.2) is 76.1 Å². The lowest BCUT2D eigenvalue weighted by molar-refractivity contribution is -0.946. The van der Waals surface area contributed by atoms with E-state index < -0.39 is 11.7 Å². The van der Waals surface area contributed by atoms with Gasteiger partial charge < -0.3 is 57.1 Å². The van der Waals surface area contributed by atoms with Crippen LogP contribution in [0.4, 0.5) is 11.4 Å². The Kier molecular flexibility index (Phi) is 11.5. The molecule has 3 aromatic carbocycles. The average molecular weight is 762 g/mol. The third-order valence-corrected chi connectivity index (χ3v) is 11.6. The Morgan fingerprint density at radius 2 is 1.65 bits per heavy atom. The van der Waals surface area contributed by atoms with Crippen LogP contribution in [0.2, 0.25) is 0 Å². The fourth-order valence-electron chi connectivity index (χ4n) is 8.63. The van der Waals surface area contributed by atoms with Gasteiger partial charge in [-0.05, 0) is 66.3 Å². The van der Waals surface area contributed by atoms with Crippen LogP contribution in [0.15, 0.2) is 83.7 Å². The molecule has 2 bridgehead atoms. The molecule has 272 valence electrons. The molecule has 1 amide bonds. The molecular formula is C40H49BrN4O6. The van der Waals surface area contributed by atoms with Crippen LogP contribution in [0.3, 0.4) is 0 Å². The smallest absolute Gasteiger partial charge is 0.248 e. The summed E-state index contributed by atoms with van der Waals surface area (Å²) in [5, 5.41) is 39.9. The normalized spacial score (nSPS) is 23.3. The van der Waals surface area contributed by atoms with Crippen molar-refractivity contribution in [2.45, 2.75) is 62.8 Å². The highest BCUT2D eigenvalue weighted by molar-refractivity contribution is 5.91. The Morgan fingerprint density at radius 1 is 0.941 bits per heavy atom. The Labute approximate surface area is 309 Å². The number of phenols is 1. The van der Waals surface area contributed by atoms with Crippen molar-refractivity contribution in [2.24, 2.45) is 11.8 Å². The van der Waals surface area contributed by atoms with E-state index in [1.807, 2.05) is 54.6 Å². The van der Waals surface area contributed by atoms with Crippen LogP contribution in [0.1, 0.15) is 62.2 Å². The lowest BCUT2D eigenvalue weighted by atomic mass is 9.80. The van der Waals surface area contributed by atoms with Crippen molar-refractivity contribution in [3.8, 4) is 5.75 Å². The number of aromatic hydroxyl groups is 1. The summed E-state index contributed by atoms with van der Waals surface area (Å²) in [6, 6.07) is 23.5. The number of hydrogen-bond donors (Lipinski definition) is 6. The van der Waals surface area contributed by atoms with Crippen molar-refractivity contribution in [2.75, 3.05) is 50.0 Å². The third-order valence-electron chi connectivity index (χ3n) is 11.6. The molecular weight excluding hydrogens is 712 g/mol. The number of anilines is 2. The number of ether oxygens (including phenoxy) is 1. The number of fused-ring (bicyclic) bond motifs is 4. The molecule has 3 saturated heterocycles. The van der Waals surface area contributed by atoms with Gasteiger partial charge in [0.25, 0.3) is 0 Å². The molecule has 3 atom stereocenters. The maximum Gasteiger partial charge on any atom is 0.248 e. The first-order valence-corrected chi connectivity index (χ1v) is 18.1. The first kappa shape index (κ1) is 37.0. The van der Waals surface area contributed by atoms with E-state index >= 15 is 0 Å². The first-order valence-electron chi connectivity index (χ1n) is 18.1. The lowest BCUT2D eigenvalue weighted by Crippen LogP contribution is -3.00. The van der Waals surface area contributed by atoms with Crippen molar-refractivity contribution in [1.82, 2.24) is 4.98 Å². The number of amides is 1. The molecule has 8 rings (SSSR count). The molecule has 1 aromatic heterocycles. The van der Waals surface area contributed by atoms with Gasteiger partial charge in [0, 0.05) is 48.1 Å². The summed E-state index contributed by atoms with van der Waals surface area (Å²) < 4.78 is 7.55. The molecule has 3 aliphatic heterocycles. The van der Waals surface area contributed by atoms with Crippen LogP contribution in [0.25, 0.3) is 10.9 Å². The number of phenolic OH excluding ortho intramolecular Hbond substituents is 1. The number of carbonyl (C=O) groups is 1. The number of quaternary nitrogens is 1. The van der Waals surface area contributed by atoms with E-state index in [2.05, 4.69) is 15.6 Å². The number of halogens is 1. The number of hydrogen-bond acceptors (Lipinski definition) is 7. The Morgan fingerprint density at radius 3 is 2.37 bits per heavy atom. The van der Waals surface area contributed by atoms with Gasteiger partial charge in [-0.2, -0.15) is 0 Å². The lowest BCUT2D eigenvalue weighted by Gasteiger charge is -2.52. The number of pyridine rings is 1. The van der Waals surface area contributed by atoms with Gasteiger partial charge in [0.2, 0.25) is 11.5 Å². The molecule has 4 aliphatic rings. The minimum absolute atomic E-state index is 0. The maximum atomic E-state index is 13.1. The van der Waals surface area contributed by atoms with Gasteiger partial charge in [0.1, 0.15) is 24.0 Å². The number of benzene rings is 3. The standard InChI is InChI=1S/C40H48N4O6.BrH/c45-34-16-14-32(33-15-17-37(47)43-39(33)34)35(46)24-41-30-10-12-31(13-11-30)42-38(48)20-23-44-21-18-27(19-22-44)36(25-44)50-26-40(49,29-8-4-5-9-29)28-6-2-1-3-7-28;/h1-3,6-7,10-17,27,29,35-36,41,46,49H,4-5,8-9,18-26H2,(H2-,42,43,45,47,48);1H/t27?,35-,36-,40+,44?;/m0./s1. The zero-order valence-corrected chi connectivity index (χ0v) is 30.5. The minimum Gasteiger partial charge on any atom is -1.00 e. The van der Waals surface area contributed by atoms with E-state index in [1.54, 1.807) is 12.1 Å². The molecule has 6 N–H and O–H groups in total. The van der Waals surface area contributed by atoms with Gasteiger partial charge in [0.05, 0.1) is 44.3 Å². The quantitative estimate of drug-likeness (QED) is 0.115. The fourth-order valence-corrected chi connectivity index (χ4v) is 8.63. The number of aliphatic hydroxyl groups is 2. The molecule has 1 saturated carbocycles. The van der Waals surface area contributed by atoms with Crippen molar-refractivity contribution in [1.29, 1.82) is 0 Å². The SMILES string of the molecule is O=C(CC[N+]12CCC(CC1)[C@@H](OC[C@@](O)(c1ccccc1)C1CCCC1)C2)Nc1ccc(NC[C@H](O)c2ccc(O)c3[nH]c(=O)ccc23)cc1.[Br-]. The number of nitrogens with one attached hydrogen (secondary N) is 3. The summed E-state index contributed by atoms with van der Waals surface area (Å²) in [6.45, 7) is 4.31. The molecule has 11 heteroatoms. The van der Waals surface area contributed by atoms with Crippen molar-refractivity contribution in [3.63, 3.8) is 0 Å². The van der Waals surface area contributed by atoms with Gasteiger partial charge >= 0.3 is 0 Å². The van der Waals surface area contributed by atoms with Crippen LogP contribution in [0.5, 0.6) is 5.75 Å². The summed E-state index contributed by atoms with van der Waals surface area (Å²) in [6.07, 6.45) is 6.18.